The summed E-state index contributed by atoms with van der Waals surface area (Å²) in [5, 5.41) is 4.14. The first-order valence-corrected chi connectivity index (χ1v) is 8.38. The largest absolute Gasteiger partial charge is 0.331 e. The summed E-state index contributed by atoms with van der Waals surface area (Å²) in [6.07, 6.45) is 5.18. The predicted octanol–water partition coefficient (Wildman–Crippen LogP) is 2.92. The summed E-state index contributed by atoms with van der Waals surface area (Å²) < 4.78 is 0.895. The molecule has 21 heavy (non-hydrogen) atoms. The molecule has 0 radical (unpaired) electrons. The van der Waals surface area contributed by atoms with Crippen LogP contribution in [0.4, 0.5) is 4.79 Å². The highest BCUT2D eigenvalue weighted by Gasteiger charge is 2.40. The highest BCUT2D eigenvalue weighted by atomic mass is 79.9. The topological polar surface area (TPSA) is 66.5 Å². The number of thiophene rings is 1. The fourth-order valence-electron chi connectivity index (χ4n) is 2.71. The van der Waals surface area contributed by atoms with Gasteiger partial charge in [-0.3, -0.25) is 19.8 Å². The number of hydrogen-bond donors (Lipinski definition) is 1. The zero-order valence-corrected chi connectivity index (χ0v) is 13.5. The molecule has 1 aromatic rings. The molecule has 0 aromatic carbocycles. The van der Waals surface area contributed by atoms with Gasteiger partial charge in [-0.25, -0.2) is 4.79 Å². The minimum atomic E-state index is -0.622. The quantitative estimate of drug-likeness (QED) is 0.644. The minimum Gasteiger partial charge on any atom is -0.273 e. The summed E-state index contributed by atoms with van der Waals surface area (Å²) in [4.78, 5) is 38.4. The van der Waals surface area contributed by atoms with Gasteiger partial charge in [-0.05, 0) is 40.9 Å². The lowest BCUT2D eigenvalue weighted by Crippen LogP contribution is -2.57. The van der Waals surface area contributed by atoms with Gasteiger partial charge in [0.25, 0.3) is 11.8 Å². The molecular weight excluding hydrogens is 356 g/mol. The van der Waals surface area contributed by atoms with Crippen LogP contribution in [0.5, 0.6) is 0 Å². The maximum absolute atomic E-state index is 12.5. The van der Waals surface area contributed by atoms with E-state index >= 15 is 0 Å². The van der Waals surface area contributed by atoms with Crippen molar-refractivity contribution < 1.29 is 14.4 Å². The molecule has 1 N–H and O–H groups in total. The van der Waals surface area contributed by atoms with E-state index in [0.29, 0.717) is 0 Å². The van der Waals surface area contributed by atoms with E-state index in [-0.39, 0.29) is 11.6 Å². The Bertz CT molecular complexity index is 646. The van der Waals surface area contributed by atoms with E-state index in [1.807, 2.05) is 11.4 Å². The molecule has 2 aliphatic rings. The fraction of sp³-hybridized carbons (Fsp3) is 0.357. The molecular formula is C14H13BrN2O3S. The lowest BCUT2D eigenvalue weighted by Gasteiger charge is -2.31. The lowest BCUT2D eigenvalue weighted by molar-refractivity contribution is -0.131. The average Bonchev–Trinajstić information content (AvgIpc) is 3.06. The molecule has 1 aliphatic heterocycles. The van der Waals surface area contributed by atoms with Gasteiger partial charge in [-0.1, -0.05) is 12.8 Å². The van der Waals surface area contributed by atoms with Crippen LogP contribution in [0, 0.1) is 0 Å². The standard InChI is InChI=1S/C14H13BrN2O3S/c15-8-5-10(21-7-8)6-11-12(18)16-14(20)17(13(11)19)9-3-1-2-4-9/h5-7,9H,1-4H2,(H,16,18,20)/b11-6+. The van der Waals surface area contributed by atoms with Crippen molar-refractivity contribution in [3.8, 4) is 0 Å². The van der Waals surface area contributed by atoms with E-state index < -0.39 is 17.8 Å². The summed E-state index contributed by atoms with van der Waals surface area (Å²) in [6, 6.07) is 1.14. The third-order valence-electron chi connectivity index (χ3n) is 3.70. The monoisotopic (exact) mass is 368 g/mol. The Labute approximate surface area is 134 Å². The summed E-state index contributed by atoms with van der Waals surface area (Å²) in [5.41, 5.74) is 0.0239. The molecule has 0 atom stereocenters. The molecule has 2 heterocycles. The van der Waals surface area contributed by atoms with E-state index in [4.69, 9.17) is 0 Å². The van der Waals surface area contributed by atoms with Crippen LogP contribution in [-0.2, 0) is 9.59 Å². The number of barbiturate groups is 1. The van der Waals surface area contributed by atoms with Crippen LogP contribution in [0.15, 0.2) is 21.5 Å². The zero-order valence-electron chi connectivity index (χ0n) is 11.1. The maximum Gasteiger partial charge on any atom is 0.331 e. The summed E-state index contributed by atoms with van der Waals surface area (Å²) >= 11 is 4.76. The molecule has 1 saturated heterocycles. The van der Waals surface area contributed by atoms with Crippen LogP contribution >= 0.6 is 27.3 Å². The molecule has 110 valence electrons. The molecule has 1 saturated carbocycles. The number of hydrogen-bond acceptors (Lipinski definition) is 4. The molecule has 7 heteroatoms. The number of halogens is 1. The van der Waals surface area contributed by atoms with Gasteiger partial charge in [0.2, 0.25) is 0 Å². The van der Waals surface area contributed by atoms with Crippen LogP contribution in [-0.4, -0.2) is 28.8 Å². The number of nitrogens with zero attached hydrogens (tertiary/aromatic N) is 1. The van der Waals surface area contributed by atoms with Crippen LogP contribution in [0.3, 0.4) is 0 Å². The Morgan fingerprint density at radius 1 is 1.29 bits per heavy atom. The maximum atomic E-state index is 12.5. The smallest absolute Gasteiger partial charge is 0.273 e. The highest BCUT2D eigenvalue weighted by molar-refractivity contribution is 9.10. The van der Waals surface area contributed by atoms with E-state index in [1.54, 1.807) is 6.08 Å². The molecule has 2 fully saturated rings. The number of amides is 4. The molecule has 0 unspecified atom stereocenters. The first-order valence-electron chi connectivity index (χ1n) is 6.71. The summed E-state index contributed by atoms with van der Waals surface area (Å²) in [7, 11) is 0. The van der Waals surface area contributed by atoms with Gasteiger partial charge < -0.3 is 0 Å². The predicted molar refractivity (Wildman–Crippen MR) is 82.6 cm³/mol. The normalized spacial score (nSPS) is 22.2. The molecule has 0 spiro atoms. The Morgan fingerprint density at radius 3 is 2.62 bits per heavy atom. The Hall–Kier alpha value is -1.47. The summed E-state index contributed by atoms with van der Waals surface area (Å²) in [5.74, 6) is -1.11. The van der Waals surface area contributed by atoms with Gasteiger partial charge in [0, 0.05) is 20.8 Å². The number of rotatable bonds is 2. The molecule has 1 aliphatic carbocycles. The number of carbonyl (C=O) groups is 3. The van der Waals surface area contributed by atoms with Gasteiger partial charge >= 0.3 is 6.03 Å². The van der Waals surface area contributed by atoms with Crippen molar-refractivity contribution in [3.63, 3.8) is 0 Å². The van der Waals surface area contributed by atoms with Crippen molar-refractivity contribution in [2.24, 2.45) is 0 Å². The van der Waals surface area contributed by atoms with Crippen LogP contribution in [0.2, 0.25) is 0 Å². The second kappa shape index (κ2) is 5.73. The Kier molecular flexibility index (Phi) is 3.95. The van der Waals surface area contributed by atoms with Crippen molar-refractivity contribution in [1.82, 2.24) is 10.2 Å². The SMILES string of the molecule is O=C1NC(=O)N(C2CCCC2)C(=O)/C1=C/c1cc(Br)cs1. The second-order valence-electron chi connectivity index (χ2n) is 5.10. The van der Waals surface area contributed by atoms with Crippen LogP contribution in [0.25, 0.3) is 6.08 Å². The second-order valence-corrected chi connectivity index (χ2v) is 6.96. The molecule has 3 rings (SSSR count). The number of imide groups is 2. The molecule has 4 amide bonds. The Morgan fingerprint density at radius 2 is 2.00 bits per heavy atom. The number of nitrogens with one attached hydrogen (secondary N) is 1. The third-order valence-corrected chi connectivity index (χ3v) is 5.34. The molecule has 5 nitrogen and oxygen atoms in total. The fourth-order valence-corrected chi connectivity index (χ4v) is 4.09. The van der Waals surface area contributed by atoms with Gasteiger partial charge in [-0.15, -0.1) is 11.3 Å². The van der Waals surface area contributed by atoms with Crippen LogP contribution < -0.4 is 5.32 Å². The van der Waals surface area contributed by atoms with Crippen molar-refractivity contribution in [2.75, 3.05) is 0 Å². The van der Waals surface area contributed by atoms with Crippen molar-refractivity contribution in [2.45, 2.75) is 31.7 Å². The summed E-state index contributed by atoms with van der Waals surface area (Å²) in [6.45, 7) is 0. The van der Waals surface area contributed by atoms with E-state index in [2.05, 4.69) is 21.2 Å². The van der Waals surface area contributed by atoms with Crippen molar-refractivity contribution in [1.29, 1.82) is 0 Å². The molecule has 0 bridgehead atoms. The Balaban J connectivity index is 1.92. The van der Waals surface area contributed by atoms with E-state index in [0.717, 1.165) is 35.0 Å². The third kappa shape index (κ3) is 2.80. The molecule has 1 aromatic heterocycles. The van der Waals surface area contributed by atoms with E-state index in [1.165, 1.54) is 16.2 Å². The minimum absolute atomic E-state index is 0.0239. The first-order chi connectivity index (χ1) is 10.1. The van der Waals surface area contributed by atoms with Crippen LogP contribution in [0.1, 0.15) is 30.6 Å². The number of carbonyl (C=O) groups excluding carboxylic acids is 3. The van der Waals surface area contributed by atoms with Gasteiger partial charge in [0.05, 0.1) is 0 Å². The zero-order chi connectivity index (χ0) is 15.0. The van der Waals surface area contributed by atoms with Crippen molar-refractivity contribution >= 4 is 51.2 Å². The van der Waals surface area contributed by atoms with Gasteiger partial charge in [0.15, 0.2) is 0 Å². The lowest BCUT2D eigenvalue weighted by atomic mass is 10.1. The van der Waals surface area contributed by atoms with Gasteiger partial charge in [0.1, 0.15) is 5.57 Å². The van der Waals surface area contributed by atoms with Gasteiger partial charge in [-0.2, -0.15) is 0 Å². The average molecular weight is 369 g/mol. The highest BCUT2D eigenvalue weighted by Crippen LogP contribution is 2.28. The van der Waals surface area contributed by atoms with E-state index in [9.17, 15) is 14.4 Å². The first kappa shape index (κ1) is 14.5. The number of urea groups is 1. The van der Waals surface area contributed by atoms with Crippen molar-refractivity contribution in [3.05, 3.63) is 26.4 Å².